The van der Waals surface area contributed by atoms with E-state index in [1.54, 1.807) is 0 Å². The molecule has 2 aromatic rings. The Morgan fingerprint density at radius 3 is 2.71 bits per heavy atom. The van der Waals surface area contributed by atoms with Crippen molar-refractivity contribution in [2.45, 2.75) is 52.1 Å². The number of unbranched alkanes of at least 4 members (excludes halogenated alkanes) is 3. The largest absolute Gasteiger partial charge is 0.458 e. The standard InChI is InChI=1S/C17H22N2O2/c1-3-4-5-6-9-13(2)21-17(20)16-12-18-14-10-7-8-11-15(14)19-16/h7-8,10-13H,3-6,9H2,1-2H3/t13-/m0/s1. The van der Waals surface area contributed by atoms with Crippen molar-refractivity contribution in [3.05, 3.63) is 36.2 Å². The molecule has 0 radical (unpaired) electrons. The van der Waals surface area contributed by atoms with Gasteiger partial charge in [-0.05, 0) is 31.9 Å². The fourth-order valence-corrected chi connectivity index (χ4v) is 2.22. The average Bonchev–Trinajstić information content (AvgIpc) is 2.51. The molecule has 0 saturated carbocycles. The third-order valence-electron chi connectivity index (χ3n) is 3.43. The van der Waals surface area contributed by atoms with Gasteiger partial charge >= 0.3 is 5.97 Å². The van der Waals surface area contributed by atoms with Crippen LogP contribution < -0.4 is 0 Å². The maximum absolute atomic E-state index is 12.1. The van der Waals surface area contributed by atoms with Gasteiger partial charge in [0.1, 0.15) is 0 Å². The maximum Gasteiger partial charge on any atom is 0.358 e. The smallest absolute Gasteiger partial charge is 0.358 e. The molecule has 21 heavy (non-hydrogen) atoms. The van der Waals surface area contributed by atoms with Crippen LogP contribution in [-0.2, 0) is 4.74 Å². The molecule has 1 atom stereocenters. The van der Waals surface area contributed by atoms with Crippen molar-refractivity contribution in [3.63, 3.8) is 0 Å². The number of hydrogen-bond acceptors (Lipinski definition) is 4. The van der Waals surface area contributed by atoms with Gasteiger partial charge in [-0.3, -0.25) is 4.98 Å². The number of aromatic nitrogens is 2. The van der Waals surface area contributed by atoms with E-state index >= 15 is 0 Å². The molecule has 2 rings (SSSR count). The second kappa shape index (κ2) is 7.72. The van der Waals surface area contributed by atoms with Gasteiger partial charge in [0.15, 0.2) is 5.69 Å². The summed E-state index contributed by atoms with van der Waals surface area (Å²) in [6.07, 6.45) is 7.02. The molecule has 4 heteroatoms. The molecule has 1 heterocycles. The number of para-hydroxylation sites is 2. The topological polar surface area (TPSA) is 52.1 Å². The summed E-state index contributed by atoms with van der Waals surface area (Å²) in [7, 11) is 0. The summed E-state index contributed by atoms with van der Waals surface area (Å²) >= 11 is 0. The number of hydrogen-bond donors (Lipinski definition) is 0. The quantitative estimate of drug-likeness (QED) is 0.567. The molecule has 0 amide bonds. The van der Waals surface area contributed by atoms with E-state index in [0.717, 1.165) is 18.4 Å². The highest BCUT2D eigenvalue weighted by Crippen LogP contribution is 2.12. The Morgan fingerprint density at radius 2 is 1.95 bits per heavy atom. The van der Waals surface area contributed by atoms with Gasteiger partial charge in [0, 0.05) is 0 Å². The number of fused-ring (bicyclic) bond motifs is 1. The van der Waals surface area contributed by atoms with Crippen LogP contribution in [0.1, 0.15) is 56.4 Å². The van der Waals surface area contributed by atoms with Crippen molar-refractivity contribution in [2.24, 2.45) is 0 Å². The normalized spacial score (nSPS) is 12.3. The van der Waals surface area contributed by atoms with Crippen molar-refractivity contribution >= 4 is 17.0 Å². The summed E-state index contributed by atoms with van der Waals surface area (Å²) in [5, 5.41) is 0. The summed E-state index contributed by atoms with van der Waals surface area (Å²) in [5.74, 6) is -0.392. The number of ether oxygens (including phenoxy) is 1. The van der Waals surface area contributed by atoms with E-state index in [4.69, 9.17) is 4.74 Å². The lowest BCUT2D eigenvalue weighted by atomic mass is 10.1. The fraction of sp³-hybridized carbons (Fsp3) is 0.471. The number of nitrogens with zero attached hydrogens (tertiary/aromatic N) is 2. The van der Waals surface area contributed by atoms with Gasteiger partial charge in [-0.2, -0.15) is 0 Å². The monoisotopic (exact) mass is 286 g/mol. The van der Waals surface area contributed by atoms with Crippen LogP contribution in [-0.4, -0.2) is 22.0 Å². The Kier molecular flexibility index (Phi) is 5.67. The number of benzene rings is 1. The predicted octanol–water partition coefficient (Wildman–Crippen LogP) is 4.15. The van der Waals surface area contributed by atoms with Gasteiger partial charge in [0.25, 0.3) is 0 Å². The summed E-state index contributed by atoms with van der Waals surface area (Å²) in [6, 6.07) is 7.48. The van der Waals surface area contributed by atoms with E-state index in [1.165, 1.54) is 25.5 Å². The van der Waals surface area contributed by atoms with Crippen molar-refractivity contribution in [1.29, 1.82) is 0 Å². The van der Waals surface area contributed by atoms with Crippen LogP contribution in [0, 0.1) is 0 Å². The van der Waals surface area contributed by atoms with Gasteiger partial charge in [-0.1, -0.05) is 38.3 Å². The van der Waals surface area contributed by atoms with Crippen molar-refractivity contribution in [1.82, 2.24) is 9.97 Å². The highest BCUT2D eigenvalue weighted by atomic mass is 16.5. The molecule has 0 N–H and O–H groups in total. The molecule has 0 unspecified atom stereocenters. The SMILES string of the molecule is CCCCCC[C@H](C)OC(=O)c1cnc2ccccc2n1. The number of carbonyl (C=O) groups is 1. The lowest BCUT2D eigenvalue weighted by Crippen LogP contribution is -2.16. The average molecular weight is 286 g/mol. The van der Waals surface area contributed by atoms with Crippen LogP contribution in [0.3, 0.4) is 0 Å². The summed E-state index contributed by atoms with van der Waals surface area (Å²) in [6.45, 7) is 4.11. The van der Waals surface area contributed by atoms with Crippen molar-refractivity contribution in [3.8, 4) is 0 Å². The Labute approximate surface area is 125 Å². The van der Waals surface area contributed by atoms with Gasteiger partial charge in [0.05, 0.1) is 23.3 Å². The van der Waals surface area contributed by atoms with E-state index in [9.17, 15) is 4.79 Å². The second-order valence-electron chi connectivity index (χ2n) is 5.31. The molecule has 0 spiro atoms. The van der Waals surface area contributed by atoms with Gasteiger partial charge in [-0.25, -0.2) is 9.78 Å². The molecule has 1 aromatic heterocycles. The Bertz CT molecular complexity index is 598. The number of esters is 1. The zero-order valence-electron chi connectivity index (χ0n) is 12.7. The molecule has 1 aromatic carbocycles. The first-order chi connectivity index (χ1) is 10.2. The second-order valence-corrected chi connectivity index (χ2v) is 5.31. The molecular weight excluding hydrogens is 264 g/mol. The Hall–Kier alpha value is -1.97. The Morgan fingerprint density at radius 1 is 1.19 bits per heavy atom. The van der Waals surface area contributed by atoms with E-state index in [2.05, 4.69) is 16.9 Å². The minimum absolute atomic E-state index is 0.0809. The molecule has 112 valence electrons. The van der Waals surface area contributed by atoms with E-state index in [0.29, 0.717) is 5.52 Å². The van der Waals surface area contributed by atoms with Crippen molar-refractivity contribution < 1.29 is 9.53 Å². The predicted molar refractivity (Wildman–Crippen MR) is 83.2 cm³/mol. The molecule has 4 nitrogen and oxygen atoms in total. The zero-order valence-corrected chi connectivity index (χ0v) is 12.7. The van der Waals surface area contributed by atoms with Crippen LogP contribution in [0.25, 0.3) is 11.0 Å². The first kappa shape index (κ1) is 15.4. The molecule has 0 aliphatic heterocycles. The van der Waals surface area contributed by atoms with Gasteiger partial charge in [0.2, 0.25) is 0 Å². The van der Waals surface area contributed by atoms with Crippen molar-refractivity contribution in [2.75, 3.05) is 0 Å². The molecule has 0 bridgehead atoms. The maximum atomic E-state index is 12.1. The molecule has 0 saturated heterocycles. The number of carbonyl (C=O) groups excluding carboxylic acids is 1. The Balaban J connectivity index is 1.92. The van der Waals surface area contributed by atoms with E-state index in [1.807, 2.05) is 31.2 Å². The van der Waals surface area contributed by atoms with Crippen LogP contribution in [0.4, 0.5) is 0 Å². The highest BCUT2D eigenvalue weighted by Gasteiger charge is 2.14. The van der Waals surface area contributed by atoms with Crippen LogP contribution in [0.5, 0.6) is 0 Å². The van der Waals surface area contributed by atoms with Gasteiger partial charge < -0.3 is 4.74 Å². The molecule has 0 aliphatic carbocycles. The lowest BCUT2D eigenvalue weighted by molar-refractivity contribution is 0.0312. The molecule has 0 aliphatic rings. The summed E-state index contributed by atoms with van der Waals surface area (Å²) in [4.78, 5) is 20.6. The molecular formula is C17H22N2O2. The third-order valence-corrected chi connectivity index (χ3v) is 3.43. The van der Waals surface area contributed by atoms with Crippen LogP contribution in [0.2, 0.25) is 0 Å². The fourth-order valence-electron chi connectivity index (χ4n) is 2.22. The van der Waals surface area contributed by atoms with Crippen LogP contribution >= 0.6 is 0 Å². The first-order valence-electron chi connectivity index (χ1n) is 7.63. The molecule has 0 fully saturated rings. The first-order valence-corrected chi connectivity index (χ1v) is 7.63. The minimum atomic E-state index is -0.392. The zero-order chi connectivity index (χ0) is 15.1. The lowest BCUT2D eigenvalue weighted by Gasteiger charge is -2.12. The van der Waals surface area contributed by atoms with E-state index in [-0.39, 0.29) is 11.8 Å². The third kappa shape index (κ3) is 4.52. The van der Waals surface area contributed by atoms with Gasteiger partial charge in [-0.15, -0.1) is 0 Å². The highest BCUT2D eigenvalue weighted by molar-refractivity contribution is 5.89. The summed E-state index contributed by atoms with van der Waals surface area (Å²) in [5.41, 5.74) is 1.76. The minimum Gasteiger partial charge on any atom is -0.458 e. The van der Waals surface area contributed by atoms with E-state index < -0.39 is 5.97 Å². The summed E-state index contributed by atoms with van der Waals surface area (Å²) < 4.78 is 5.42. The van der Waals surface area contributed by atoms with Crippen LogP contribution in [0.15, 0.2) is 30.5 Å². The number of rotatable bonds is 7.